The van der Waals surface area contributed by atoms with Gasteiger partial charge in [0.1, 0.15) is 0 Å². The van der Waals surface area contributed by atoms with Crippen molar-refractivity contribution >= 4 is 91.4 Å². The largest absolute Gasteiger partial charge is 0.354 e. The predicted molar refractivity (Wildman–Crippen MR) is 321 cm³/mol. The third-order valence-electron chi connectivity index (χ3n) is 14.5. The second kappa shape index (κ2) is 16.5. The maximum absolute atomic E-state index is 8.98. The molecule has 0 unspecified atom stereocenters. The first-order valence-corrected chi connectivity index (χ1v) is 25.0. The molecule has 1 N–H and O–H groups in total. The van der Waals surface area contributed by atoms with Crippen molar-refractivity contribution in [1.29, 1.82) is 0 Å². The second-order valence-electron chi connectivity index (χ2n) is 18.6. The van der Waals surface area contributed by atoms with Gasteiger partial charge < -0.3 is 9.38 Å². The predicted octanol–water partition coefficient (Wildman–Crippen LogP) is 20.5. The molecule has 0 aliphatic carbocycles. The maximum Gasteiger partial charge on any atom is 0.0629 e. The number of para-hydroxylation sites is 1. The molecule has 4 aromatic heterocycles. The Morgan fingerprint density at radius 1 is 0.320 bits per heavy atom. The molecule has 0 saturated heterocycles. The number of nitrogens with one attached hydrogen (secondary N) is 1. The Kier molecular flexibility index (Phi) is 5.93. The summed E-state index contributed by atoms with van der Waals surface area (Å²) in [5.74, 6) is 0. The van der Waals surface area contributed by atoms with Crippen LogP contribution in [-0.4, -0.2) is 9.38 Å². The van der Waals surface area contributed by atoms with E-state index in [0.717, 1.165) is 91.2 Å². The number of thiophene rings is 1. The topological polar surface area (TPSA) is 20.2 Å². The van der Waals surface area contributed by atoms with Crippen molar-refractivity contribution in [2.24, 2.45) is 0 Å². The van der Waals surface area contributed by atoms with E-state index in [-0.39, 0.29) is 44.5 Å². The SMILES string of the molecule is [2H]c1c([2H])c([2H])c(-c2cc(-c3ccc(-c4c5[nH]c6cc7c8cccc9c%10ccc(-c%11cc(-c%12c([2H])c([2H])c([2H])c([2H])c%12[2H])cc(-c%12c([2H])c([2H])c([2H])c([2H])c%12[2H])c%11)cc%10n(c7cc6c5cc5c4sc4ccccc45)c98)cc3)cc(-c3c([2H])c([2H])c([2H])c([2H])c3[2H])c2)c([2H])c1[2H]. The normalized spacial score (nSPS) is 15.7. The molecule has 0 aliphatic rings. The van der Waals surface area contributed by atoms with Gasteiger partial charge in [-0.25, -0.2) is 0 Å². The summed E-state index contributed by atoms with van der Waals surface area (Å²) >= 11 is 1.67. The molecular formula is C72H44N2S. The molecule has 0 atom stereocenters. The summed E-state index contributed by atoms with van der Waals surface area (Å²) in [7, 11) is 0. The number of H-pyrrole nitrogens is 1. The number of aromatic amines is 1. The van der Waals surface area contributed by atoms with Gasteiger partial charge in [-0.3, -0.25) is 0 Å². The summed E-state index contributed by atoms with van der Waals surface area (Å²) in [5, 5.41) is 7.87. The molecule has 0 saturated carbocycles. The highest BCUT2D eigenvalue weighted by Gasteiger charge is 2.23. The van der Waals surface area contributed by atoms with Gasteiger partial charge in [0.05, 0.1) is 49.5 Å². The van der Waals surface area contributed by atoms with E-state index in [1.165, 1.54) is 12.1 Å². The van der Waals surface area contributed by atoms with E-state index in [4.69, 9.17) is 27.4 Å². The van der Waals surface area contributed by atoms with Crippen LogP contribution >= 0.6 is 11.3 Å². The quantitative estimate of drug-likeness (QED) is 0.164. The molecule has 2 nitrogen and oxygen atoms in total. The van der Waals surface area contributed by atoms with Crippen LogP contribution in [0.4, 0.5) is 0 Å². The fourth-order valence-corrected chi connectivity index (χ4v) is 12.5. The Morgan fingerprint density at radius 2 is 0.800 bits per heavy atom. The van der Waals surface area contributed by atoms with Crippen molar-refractivity contribution in [3.63, 3.8) is 0 Å². The van der Waals surface area contributed by atoms with Gasteiger partial charge in [0, 0.05) is 63.6 Å². The Balaban J connectivity index is 0.898. The van der Waals surface area contributed by atoms with Crippen molar-refractivity contribution < 1.29 is 27.4 Å². The first-order chi connectivity index (χ1) is 45.4. The summed E-state index contributed by atoms with van der Waals surface area (Å²) in [6.45, 7) is 0. The Labute approximate surface area is 465 Å². The van der Waals surface area contributed by atoms with Crippen molar-refractivity contribution in [1.82, 2.24) is 9.38 Å². The number of hydrogen-bond acceptors (Lipinski definition) is 1. The molecule has 4 heterocycles. The van der Waals surface area contributed by atoms with Gasteiger partial charge in [0.25, 0.3) is 0 Å². The Hall–Kier alpha value is -9.54. The lowest BCUT2D eigenvalue weighted by molar-refractivity contribution is 1.37. The van der Waals surface area contributed by atoms with Gasteiger partial charge >= 0.3 is 0 Å². The smallest absolute Gasteiger partial charge is 0.0629 e. The highest BCUT2D eigenvalue weighted by molar-refractivity contribution is 7.26. The number of benzene rings is 12. The van der Waals surface area contributed by atoms with Crippen LogP contribution in [0.2, 0.25) is 0 Å². The third kappa shape index (κ3) is 6.65. The first-order valence-electron chi connectivity index (χ1n) is 34.2. The van der Waals surface area contributed by atoms with Crippen molar-refractivity contribution in [3.8, 4) is 77.9 Å². The van der Waals surface area contributed by atoms with Crippen LogP contribution in [0.15, 0.2) is 260 Å². The molecule has 16 rings (SSSR count). The lowest BCUT2D eigenvalue weighted by Gasteiger charge is -2.12. The van der Waals surface area contributed by atoms with Gasteiger partial charge in [-0.2, -0.15) is 0 Å². The fourth-order valence-electron chi connectivity index (χ4n) is 11.2. The Bertz CT molecular complexity index is 5880. The van der Waals surface area contributed by atoms with E-state index in [2.05, 4.69) is 51.8 Å². The highest BCUT2D eigenvalue weighted by atomic mass is 32.1. The van der Waals surface area contributed by atoms with Crippen molar-refractivity contribution in [3.05, 3.63) is 260 Å². The molecule has 0 bridgehead atoms. The van der Waals surface area contributed by atoms with E-state index in [9.17, 15) is 0 Å². The molecular weight excluding hydrogens is 925 g/mol. The van der Waals surface area contributed by atoms with Crippen molar-refractivity contribution in [2.45, 2.75) is 0 Å². The molecule has 0 radical (unpaired) electrons. The molecule has 16 aromatic rings. The summed E-state index contributed by atoms with van der Waals surface area (Å²) in [5.41, 5.74) is 8.80. The third-order valence-corrected chi connectivity index (χ3v) is 15.7. The van der Waals surface area contributed by atoms with Crippen LogP contribution < -0.4 is 0 Å². The highest BCUT2D eigenvalue weighted by Crippen LogP contribution is 2.48. The van der Waals surface area contributed by atoms with Gasteiger partial charge in [0.15, 0.2) is 0 Å². The van der Waals surface area contributed by atoms with E-state index in [0.29, 0.717) is 22.3 Å². The molecule has 0 aliphatic heterocycles. The number of nitrogens with zero attached hydrogens (tertiary/aromatic N) is 1. The molecule has 75 heavy (non-hydrogen) atoms. The molecule has 0 spiro atoms. The number of hydrogen-bond donors (Lipinski definition) is 1. The lowest BCUT2D eigenvalue weighted by atomic mass is 9.92. The van der Waals surface area contributed by atoms with Crippen LogP contribution in [0.5, 0.6) is 0 Å². The van der Waals surface area contributed by atoms with Crippen LogP contribution in [0, 0.1) is 0 Å². The minimum atomic E-state index is -0.573. The van der Waals surface area contributed by atoms with Crippen LogP contribution in [0.3, 0.4) is 0 Å². The molecule has 348 valence electrons. The molecule has 0 fully saturated rings. The summed E-state index contributed by atoms with van der Waals surface area (Å²) in [4.78, 5) is 3.87. The lowest BCUT2D eigenvalue weighted by Crippen LogP contribution is -1.87. The van der Waals surface area contributed by atoms with Crippen molar-refractivity contribution in [2.75, 3.05) is 0 Å². The number of aromatic nitrogens is 2. The zero-order chi connectivity index (χ0) is 66.5. The summed E-state index contributed by atoms with van der Waals surface area (Å²) in [6, 6.07) is 34.2. The number of rotatable bonds is 7. The van der Waals surface area contributed by atoms with E-state index in [1.54, 1.807) is 35.6 Å². The number of fused-ring (bicyclic) bond motifs is 12. The van der Waals surface area contributed by atoms with Crippen LogP contribution in [-0.2, 0) is 0 Å². The van der Waals surface area contributed by atoms with Crippen LogP contribution in [0.25, 0.3) is 158 Å². The zero-order valence-electron chi connectivity index (χ0n) is 59.1. The van der Waals surface area contributed by atoms with E-state index < -0.39 is 121 Å². The molecule has 3 heteroatoms. The summed E-state index contributed by atoms with van der Waals surface area (Å²) in [6.07, 6.45) is 0. The first kappa shape index (κ1) is 27.0. The summed E-state index contributed by atoms with van der Waals surface area (Å²) < 4.78 is 178. The average molecular weight is 989 g/mol. The maximum atomic E-state index is 8.98. The molecule has 12 aromatic carbocycles. The van der Waals surface area contributed by atoms with Gasteiger partial charge in [-0.05, 0) is 139 Å². The van der Waals surface area contributed by atoms with E-state index >= 15 is 0 Å². The van der Waals surface area contributed by atoms with Crippen LogP contribution in [0.1, 0.15) is 27.4 Å². The molecule has 0 amide bonds. The van der Waals surface area contributed by atoms with Gasteiger partial charge in [-0.15, -0.1) is 11.3 Å². The van der Waals surface area contributed by atoms with Gasteiger partial charge in [0.2, 0.25) is 0 Å². The monoisotopic (exact) mass is 988 g/mol. The second-order valence-corrected chi connectivity index (χ2v) is 19.7. The minimum absolute atomic E-state index is 0.112. The Morgan fingerprint density at radius 3 is 1.39 bits per heavy atom. The van der Waals surface area contributed by atoms with Gasteiger partial charge in [-0.1, -0.05) is 194 Å². The van der Waals surface area contributed by atoms with E-state index in [1.807, 2.05) is 60.7 Å². The standard InChI is InChI=1S/C72H44N2S/c1-5-16-44(17-6-1)51-34-52(45-18-7-2-8-19-45)37-55(36-51)48-28-30-49(31-29-48)69-70-63(41-64-58-24-13-14-27-68(58)75-72(64)69)61-43-67-62(42-65(61)73-70)60-26-15-25-59-57-33-32-50(40-66(57)74(67)71(59)60)56-38-53(46-20-9-3-10-21-46)35-54(39-56)47-22-11-4-12-23-47/h1-43,73H/i1D,2D,3D,4D,5D,6D,7D,8D,9D,10D,11D,12D,16D,17D,18D,19D,20D,21D,22D,23D. The fraction of sp³-hybridized carbons (Fsp3) is 0. The minimum Gasteiger partial charge on any atom is -0.354 e. The average Bonchev–Trinajstić information content (AvgIpc) is 1.54. The zero-order valence-corrected chi connectivity index (χ0v) is 40.0.